The summed E-state index contributed by atoms with van der Waals surface area (Å²) >= 11 is 0. The molecule has 0 saturated carbocycles. The summed E-state index contributed by atoms with van der Waals surface area (Å²) in [4.78, 5) is 27.1. The normalized spacial score (nSPS) is 14.6. The number of ketones is 2. The van der Waals surface area contributed by atoms with Crippen molar-refractivity contribution in [1.29, 1.82) is 0 Å². The van der Waals surface area contributed by atoms with Gasteiger partial charge < -0.3 is 9.47 Å². The van der Waals surface area contributed by atoms with Crippen LogP contribution in [-0.4, -0.2) is 23.2 Å². The topological polar surface area (TPSA) is 65.5 Å². The van der Waals surface area contributed by atoms with Gasteiger partial charge in [-0.25, -0.2) is 0 Å². The Kier molecular flexibility index (Phi) is 3.70. The summed E-state index contributed by atoms with van der Waals surface area (Å²) in [6, 6.07) is 8.48. The van der Waals surface area contributed by atoms with Crippen LogP contribution in [0.25, 0.3) is 6.08 Å². The van der Waals surface area contributed by atoms with Gasteiger partial charge in [-0.3, -0.25) is 14.6 Å². The molecule has 0 aliphatic carbocycles. The number of Topliss-reactive ketones (excluding diaryl/α,β-unsaturated/α-hetero) is 2. The summed E-state index contributed by atoms with van der Waals surface area (Å²) in [5.74, 6) is 0.934. The van der Waals surface area contributed by atoms with Crippen molar-refractivity contribution < 1.29 is 19.1 Å². The molecule has 2 heterocycles. The number of ether oxygens (including phenoxy) is 2. The fourth-order valence-corrected chi connectivity index (χ4v) is 2.05. The van der Waals surface area contributed by atoms with Crippen molar-refractivity contribution in [3.63, 3.8) is 0 Å². The fourth-order valence-electron chi connectivity index (χ4n) is 2.05. The van der Waals surface area contributed by atoms with E-state index in [0.29, 0.717) is 17.1 Å². The largest absolute Gasteiger partial charge is 0.486 e. The quantitative estimate of drug-likeness (QED) is 0.811. The summed E-state index contributed by atoms with van der Waals surface area (Å²) < 4.78 is 10.9. The van der Waals surface area contributed by atoms with Gasteiger partial charge >= 0.3 is 0 Å². The second-order valence-corrected chi connectivity index (χ2v) is 4.87. The van der Waals surface area contributed by atoms with Crippen molar-refractivity contribution >= 4 is 17.6 Å². The van der Waals surface area contributed by atoms with Gasteiger partial charge in [0.15, 0.2) is 11.5 Å². The van der Waals surface area contributed by atoms with Gasteiger partial charge in [0.05, 0.1) is 5.56 Å². The number of carbonyl (C=O) groups excluding carboxylic acids is 2. The van der Waals surface area contributed by atoms with E-state index < -0.39 is 0 Å². The van der Waals surface area contributed by atoms with Crippen LogP contribution in [-0.2, 0) is 4.79 Å². The minimum Gasteiger partial charge on any atom is -0.486 e. The number of rotatable bonds is 4. The number of hydrogen-bond donors (Lipinski definition) is 0. The van der Waals surface area contributed by atoms with E-state index in [-0.39, 0.29) is 23.9 Å². The van der Waals surface area contributed by atoms with E-state index in [9.17, 15) is 9.59 Å². The molecule has 1 aliphatic rings. The maximum atomic E-state index is 12.3. The third kappa shape index (κ3) is 2.88. The van der Waals surface area contributed by atoms with Gasteiger partial charge in [0, 0.05) is 18.5 Å². The lowest BCUT2D eigenvalue weighted by Crippen LogP contribution is -2.06. The summed E-state index contributed by atoms with van der Waals surface area (Å²) in [6.07, 6.45) is 4.96. The zero-order valence-electron chi connectivity index (χ0n) is 11.9. The number of nitrogens with zero attached hydrogens (tertiary/aromatic N) is 1. The molecule has 5 heteroatoms. The van der Waals surface area contributed by atoms with E-state index in [1.807, 2.05) is 0 Å². The van der Waals surface area contributed by atoms with E-state index in [2.05, 4.69) is 4.98 Å². The predicted molar refractivity (Wildman–Crippen MR) is 79.8 cm³/mol. The molecule has 0 saturated heterocycles. The molecule has 0 atom stereocenters. The minimum absolute atomic E-state index is 0.00750. The van der Waals surface area contributed by atoms with Crippen LogP contribution in [0, 0.1) is 0 Å². The Bertz CT molecular complexity index is 765. The molecule has 0 N–H and O–H groups in total. The molecule has 110 valence electrons. The van der Waals surface area contributed by atoms with E-state index in [1.54, 1.807) is 48.8 Å². The molecule has 3 rings (SSSR count). The molecule has 1 aromatic carbocycles. The second kappa shape index (κ2) is 5.81. The smallest absolute Gasteiger partial charge is 0.231 e. The molecule has 1 aromatic heterocycles. The van der Waals surface area contributed by atoms with Crippen LogP contribution in [0.1, 0.15) is 22.8 Å². The number of hydrogen-bond acceptors (Lipinski definition) is 5. The third-order valence-corrected chi connectivity index (χ3v) is 3.09. The van der Waals surface area contributed by atoms with Crippen LogP contribution in [0.15, 0.2) is 48.5 Å². The van der Waals surface area contributed by atoms with Crippen LogP contribution in [0.4, 0.5) is 0 Å². The lowest BCUT2D eigenvalue weighted by molar-refractivity contribution is -0.118. The van der Waals surface area contributed by atoms with E-state index in [0.717, 1.165) is 5.56 Å². The zero-order chi connectivity index (χ0) is 15.5. The standard InChI is InChI=1S/C17H13NO4/c1-11(19)10-21-13-2-3-14-15(9-13)22-16(17(14)20)8-12-4-6-18-7-5-12/h2-9H,10H2,1H3/b16-8+. The van der Waals surface area contributed by atoms with E-state index >= 15 is 0 Å². The molecule has 0 amide bonds. The molecule has 0 fully saturated rings. The van der Waals surface area contributed by atoms with Gasteiger partial charge in [-0.2, -0.15) is 0 Å². The average molecular weight is 295 g/mol. The Balaban J connectivity index is 1.84. The molecule has 2 aromatic rings. The molecular formula is C17H13NO4. The Labute approximate surface area is 127 Å². The lowest BCUT2D eigenvalue weighted by Gasteiger charge is -2.04. The fraction of sp³-hybridized carbons (Fsp3) is 0.118. The van der Waals surface area contributed by atoms with Crippen LogP contribution >= 0.6 is 0 Å². The Morgan fingerprint density at radius 2 is 2.05 bits per heavy atom. The van der Waals surface area contributed by atoms with Gasteiger partial charge in [0.2, 0.25) is 5.78 Å². The highest BCUT2D eigenvalue weighted by Gasteiger charge is 2.27. The number of allylic oxidation sites excluding steroid dienone is 1. The highest BCUT2D eigenvalue weighted by atomic mass is 16.5. The number of carbonyl (C=O) groups is 2. The van der Waals surface area contributed by atoms with Crippen LogP contribution in [0.2, 0.25) is 0 Å². The molecule has 0 bridgehead atoms. The minimum atomic E-state index is -0.176. The second-order valence-electron chi connectivity index (χ2n) is 4.87. The first-order valence-electron chi connectivity index (χ1n) is 6.74. The highest BCUT2D eigenvalue weighted by molar-refractivity contribution is 6.14. The molecule has 1 aliphatic heterocycles. The summed E-state index contributed by atoms with van der Waals surface area (Å²) in [5.41, 5.74) is 1.31. The van der Waals surface area contributed by atoms with Crippen molar-refractivity contribution in [3.05, 3.63) is 59.6 Å². The van der Waals surface area contributed by atoms with Crippen LogP contribution in [0.5, 0.6) is 11.5 Å². The van der Waals surface area contributed by atoms with Gasteiger partial charge in [0.25, 0.3) is 0 Å². The average Bonchev–Trinajstić information content (AvgIpc) is 2.82. The first kappa shape index (κ1) is 14.0. The molecule has 0 unspecified atom stereocenters. The van der Waals surface area contributed by atoms with E-state index in [4.69, 9.17) is 9.47 Å². The van der Waals surface area contributed by atoms with Gasteiger partial charge in [-0.15, -0.1) is 0 Å². The van der Waals surface area contributed by atoms with Gasteiger partial charge in [-0.1, -0.05) is 0 Å². The maximum Gasteiger partial charge on any atom is 0.231 e. The Morgan fingerprint density at radius 1 is 1.27 bits per heavy atom. The first-order chi connectivity index (χ1) is 10.6. The molecule has 5 nitrogen and oxygen atoms in total. The van der Waals surface area contributed by atoms with Crippen molar-refractivity contribution in [1.82, 2.24) is 4.98 Å². The van der Waals surface area contributed by atoms with Crippen molar-refractivity contribution in [2.24, 2.45) is 0 Å². The monoisotopic (exact) mass is 295 g/mol. The van der Waals surface area contributed by atoms with Crippen molar-refractivity contribution in [2.45, 2.75) is 6.92 Å². The Morgan fingerprint density at radius 3 is 2.77 bits per heavy atom. The number of fused-ring (bicyclic) bond motifs is 1. The molecule has 0 radical (unpaired) electrons. The lowest BCUT2D eigenvalue weighted by atomic mass is 10.1. The van der Waals surface area contributed by atoms with E-state index in [1.165, 1.54) is 6.92 Å². The highest BCUT2D eigenvalue weighted by Crippen LogP contribution is 2.34. The maximum absolute atomic E-state index is 12.3. The van der Waals surface area contributed by atoms with Crippen LogP contribution < -0.4 is 9.47 Å². The Hall–Kier alpha value is -2.95. The number of pyridine rings is 1. The summed E-state index contributed by atoms with van der Waals surface area (Å²) in [7, 11) is 0. The van der Waals surface area contributed by atoms with Gasteiger partial charge in [0.1, 0.15) is 18.1 Å². The SMILES string of the molecule is CC(=O)COc1ccc2c(c1)O/C(=C/c1ccncc1)C2=O. The predicted octanol–water partition coefficient (Wildman–Crippen LogP) is 2.67. The van der Waals surface area contributed by atoms with Crippen LogP contribution in [0.3, 0.4) is 0 Å². The molecule has 0 spiro atoms. The first-order valence-corrected chi connectivity index (χ1v) is 6.74. The zero-order valence-corrected chi connectivity index (χ0v) is 11.9. The van der Waals surface area contributed by atoms with Crippen molar-refractivity contribution in [3.8, 4) is 11.5 Å². The number of benzene rings is 1. The molecule has 22 heavy (non-hydrogen) atoms. The number of aromatic nitrogens is 1. The summed E-state index contributed by atoms with van der Waals surface area (Å²) in [6.45, 7) is 1.44. The summed E-state index contributed by atoms with van der Waals surface area (Å²) in [5, 5.41) is 0. The van der Waals surface area contributed by atoms with Gasteiger partial charge in [-0.05, 0) is 42.8 Å². The molecular weight excluding hydrogens is 282 g/mol. The third-order valence-electron chi connectivity index (χ3n) is 3.09. The van der Waals surface area contributed by atoms with Crippen molar-refractivity contribution in [2.75, 3.05) is 6.61 Å².